The number of carboxylic acids is 1. The van der Waals surface area contributed by atoms with Crippen molar-refractivity contribution in [3.8, 4) is 0 Å². The first-order valence-electron chi connectivity index (χ1n) is 9.85. The van der Waals surface area contributed by atoms with Crippen molar-refractivity contribution in [2.75, 3.05) is 0 Å². The van der Waals surface area contributed by atoms with Crippen molar-refractivity contribution < 1.29 is 14.7 Å². The van der Waals surface area contributed by atoms with Gasteiger partial charge in [0.25, 0.3) is 0 Å². The Labute approximate surface area is 150 Å². The molecule has 0 aromatic carbocycles. The zero-order valence-electron chi connectivity index (χ0n) is 15.7. The lowest BCUT2D eigenvalue weighted by molar-refractivity contribution is -0.143. The molecule has 0 aliphatic heterocycles. The molecule has 3 heteroatoms. The third-order valence-electron chi connectivity index (χ3n) is 8.83. The Bertz CT molecular complexity index is 689. The van der Waals surface area contributed by atoms with Crippen LogP contribution in [0.5, 0.6) is 0 Å². The van der Waals surface area contributed by atoms with Gasteiger partial charge in [0.15, 0.2) is 5.78 Å². The van der Waals surface area contributed by atoms with E-state index in [-0.39, 0.29) is 28.4 Å². The number of fused-ring (bicyclic) bond motifs is 5. The van der Waals surface area contributed by atoms with Gasteiger partial charge in [0.2, 0.25) is 0 Å². The van der Waals surface area contributed by atoms with Gasteiger partial charge in [-0.1, -0.05) is 32.9 Å². The topological polar surface area (TPSA) is 54.4 Å². The van der Waals surface area contributed by atoms with Crippen molar-refractivity contribution in [2.24, 2.45) is 34.0 Å². The molecule has 6 atom stereocenters. The van der Waals surface area contributed by atoms with Crippen LogP contribution in [0.1, 0.15) is 65.7 Å². The zero-order valence-corrected chi connectivity index (χ0v) is 15.7. The largest absolute Gasteiger partial charge is 0.481 e. The summed E-state index contributed by atoms with van der Waals surface area (Å²) in [5, 5.41) is 9.44. The van der Waals surface area contributed by atoms with E-state index in [2.05, 4.69) is 32.9 Å². The highest BCUT2D eigenvalue weighted by Crippen LogP contribution is 2.69. The van der Waals surface area contributed by atoms with Crippen LogP contribution in [0.2, 0.25) is 0 Å². The number of carbonyl (C=O) groups excluding carboxylic acids is 1. The van der Waals surface area contributed by atoms with E-state index in [4.69, 9.17) is 0 Å². The molecule has 0 radical (unpaired) electrons. The second kappa shape index (κ2) is 5.31. The lowest BCUT2D eigenvalue weighted by atomic mass is 9.46. The lowest BCUT2D eigenvalue weighted by Gasteiger charge is -2.57. The molecule has 136 valence electrons. The molecule has 0 unspecified atom stereocenters. The van der Waals surface area contributed by atoms with Crippen LogP contribution in [0.25, 0.3) is 0 Å². The third kappa shape index (κ3) is 2.23. The number of allylic oxidation sites excluding steroid dienone is 4. The minimum Gasteiger partial charge on any atom is -0.481 e. The van der Waals surface area contributed by atoms with E-state index in [0.29, 0.717) is 24.2 Å². The quantitative estimate of drug-likeness (QED) is 0.786. The molecule has 0 amide bonds. The Balaban J connectivity index is 1.71. The summed E-state index contributed by atoms with van der Waals surface area (Å²) in [4.78, 5) is 23.4. The SMILES string of the molecule is C[C@]1(CC(=O)O)CC[C@H]2[C@@H]3C=CC4=CC(=O)CC[C@]4(C)[C@H]3CC[C@@]21C. The molecule has 2 fully saturated rings. The van der Waals surface area contributed by atoms with Gasteiger partial charge in [0, 0.05) is 6.42 Å². The van der Waals surface area contributed by atoms with Crippen LogP contribution in [-0.2, 0) is 9.59 Å². The third-order valence-corrected chi connectivity index (χ3v) is 8.83. The number of carboxylic acid groups (broad SMARTS) is 1. The van der Waals surface area contributed by atoms with Gasteiger partial charge >= 0.3 is 5.97 Å². The molecule has 0 heterocycles. The van der Waals surface area contributed by atoms with Gasteiger partial charge in [-0.05, 0) is 77.8 Å². The average molecular weight is 342 g/mol. The molecule has 0 spiro atoms. The van der Waals surface area contributed by atoms with Crippen LogP contribution in [0, 0.1) is 34.0 Å². The van der Waals surface area contributed by atoms with E-state index in [1.807, 2.05) is 6.08 Å². The summed E-state index contributed by atoms with van der Waals surface area (Å²) >= 11 is 0. The molecule has 0 bridgehead atoms. The first-order valence-corrected chi connectivity index (χ1v) is 9.85. The Kier molecular flexibility index (Phi) is 3.62. The molecule has 25 heavy (non-hydrogen) atoms. The molecule has 2 saturated carbocycles. The maximum atomic E-state index is 11.9. The van der Waals surface area contributed by atoms with Gasteiger partial charge in [0.05, 0.1) is 6.42 Å². The summed E-state index contributed by atoms with van der Waals surface area (Å²) in [6.07, 6.45) is 12.8. The van der Waals surface area contributed by atoms with Crippen LogP contribution >= 0.6 is 0 Å². The van der Waals surface area contributed by atoms with E-state index in [1.54, 1.807) is 0 Å². The average Bonchev–Trinajstić information content (AvgIpc) is 2.79. The fourth-order valence-corrected chi connectivity index (χ4v) is 6.98. The Morgan fingerprint density at radius 1 is 1.16 bits per heavy atom. The lowest BCUT2D eigenvalue weighted by Crippen LogP contribution is -2.51. The predicted octanol–water partition coefficient (Wildman–Crippen LogP) is 4.78. The summed E-state index contributed by atoms with van der Waals surface area (Å²) in [6, 6.07) is 0. The Morgan fingerprint density at radius 3 is 2.60 bits per heavy atom. The second-order valence-electron chi connectivity index (χ2n) is 9.76. The fraction of sp³-hybridized carbons (Fsp3) is 0.727. The maximum Gasteiger partial charge on any atom is 0.303 e. The van der Waals surface area contributed by atoms with Gasteiger partial charge in [-0.25, -0.2) is 0 Å². The molecule has 1 N–H and O–H groups in total. The summed E-state index contributed by atoms with van der Waals surface area (Å²) < 4.78 is 0. The maximum absolute atomic E-state index is 11.9. The van der Waals surface area contributed by atoms with Crippen molar-refractivity contribution in [1.29, 1.82) is 0 Å². The van der Waals surface area contributed by atoms with Gasteiger partial charge in [-0.2, -0.15) is 0 Å². The van der Waals surface area contributed by atoms with E-state index in [1.165, 1.54) is 5.57 Å². The van der Waals surface area contributed by atoms with Crippen LogP contribution in [-0.4, -0.2) is 16.9 Å². The molecule has 0 saturated heterocycles. The number of rotatable bonds is 2. The molecule has 4 aliphatic rings. The van der Waals surface area contributed by atoms with Gasteiger partial charge in [0.1, 0.15) is 0 Å². The number of hydrogen-bond acceptors (Lipinski definition) is 2. The number of aliphatic carboxylic acids is 1. The highest BCUT2D eigenvalue weighted by Gasteiger charge is 2.62. The van der Waals surface area contributed by atoms with E-state index < -0.39 is 5.97 Å². The van der Waals surface area contributed by atoms with Crippen LogP contribution in [0.4, 0.5) is 0 Å². The smallest absolute Gasteiger partial charge is 0.303 e. The number of hydrogen-bond donors (Lipinski definition) is 1. The second-order valence-corrected chi connectivity index (χ2v) is 9.76. The highest BCUT2D eigenvalue weighted by molar-refractivity contribution is 5.92. The van der Waals surface area contributed by atoms with Crippen LogP contribution in [0.15, 0.2) is 23.8 Å². The van der Waals surface area contributed by atoms with Crippen LogP contribution in [0.3, 0.4) is 0 Å². The zero-order chi connectivity index (χ0) is 18.0. The Morgan fingerprint density at radius 2 is 1.88 bits per heavy atom. The summed E-state index contributed by atoms with van der Waals surface area (Å²) in [5.74, 6) is 1.31. The standard InChI is InChI=1S/C22H30O3/c1-20(13-19(24)25)9-7-18-16-5-4-14-12-15(23)6-10-21(14,2)17(16)8-11-22(18,20)3/h4-5,12,16-18H,6-11,13H2,1-3H3,(H,24,25)/t16-,17+,18+,20-,21+,22+/m1/s1. The molecule has 4 rings (SSSR count). The van der Waals surface area contributed by atoms with Gasteiger partial charge in [-0.15, -0.1) is 0 Å². The normalized spacial score (nSPS) is 48.4. The predicted molar refractivity (Wildman–Crippen MR) is 97.0 cm³/mol. The van der Waals surface area contributed by atoms with Crippen LogP contribution < -0.4 is 0 Å². The first-order chi connectivity index (χ1) is 11.7. The van der Waals surface area contributed by atoms with Gasteiger partial charge in [-0.3, -0.25) is 9.59 Å². The van der Waals surface area contributed by atoms with E-state index in [9.17, 15) is 14.7 Å². The highest BCUT2D eigenvalue weighted by atomic mass is 16.4. The molecule has 4 aliphatic carbocycles. The van der Waals surface area contributed by atoms with E-state index >= 15 is 0 Å². The molecular weight excluding hydrogens is 312 g/mol. The monoisotopic (exact) mass is 342 g/mol. The number of carbonyl (C=O) groups is 2. The minimum absolute atomic E-state index is 0.0954. The summed E-state index contributed by atoms with van der Waals surface area (Å²) in [6.45, 7) is 6.93. The molecule has 0 aromatic heterocycles. The van der Waals surface area contributed by atoms with Crippen molar-refractivity contribution in [1.82, 2.24) is 0 Å². The summed E-state index contributed by atoms with van der Waals surface area (Å²) in [7, 11) is 0. The Hall–Kier alpha value is -1.38. The minimum atomic E-state index is -0.659. The number of ketones is 1. The van der Waals surface area contributed by atoms with Crippen molar-refractivity contribution >= 4 is 11.8 Å². The first kappa shape index (κ1) is 17.1. The fourth-order valence-electron chi connectivity index (χ4n) is 6.98. The van der Waals surface area contributed by atoms with E-state index in [0.717, 1.165) is 32.1 Å². The summed E-state index contributed by atoms with van der Waals surface area (Å²) in [5.41, 5.74) is 1.38. The molecular formula is C22H30O3. The van der Waals surface area contributed by atoms with Crippen molar-refractivity contribution in [3.63, 3.8) is 0 Å². The van der Waals surface area contributed by atoms with Crippen molar-refractivity contribution in [3.05, 3.63) is 23.8 Å². The van der Waals surface area contributed by atoms with Gasteiger partial charge < -0.3 is 5.11 Å². The molecule has 3 nitrogen and oxygen atoms in total. The van der Waals surface area contributed by atoms with Crippen molar-refractivity contribution in [2.45, 2.75) is 65.7 Å². The molecule has 0 aromatic rings.